The van der Waals surface area contributed by atoms with Gasteiger partial charge in [0.15, 0.2) is 0 Å². The van der Waals surface area contributed by atoms with Crippen LogP contribution >= 0.6 is 0 Å². The van der Waals surface area contributed by atoms with Gasteiger partial charge in [-0.2, -0.15) is 0 Å². The highest BCUT2D eigenvalue weighted by Crippen LogP contribution is 2.64. The first-order valence-electron chi connectivity index (χ1n) is 10.8. The zero-order valence-electron chi connectivity index (χ0n) is 17.1. The van der Waals surface area contributed by atoms with Crippen molar-refractivity contribution < 1.29 is 4.74 Å². The molecule has 0 aliphatic heterocycles. The van der Waals surface area contributed by atoms with Gasteiger partial charge < -0.3 is 4.74 Å². The minimum absolute atomic E-state index is 0.179. The van der Waals surface area contributed by atoms with Crippen molar-refractivity contribution in [3.05, 3.63) is 48.6 Å². The Labute approximate surface area is 165 Å². The maximum atomic E-state index is 5.89. The van der Waals surface area contributed by atoms with E-state index in [-0.39, 0.29) is 5.41 Å². The minimum atomic E-state index is 0.179. The van der Waals surface area contributed by atoms with Crippen molar-refractivity contribution in [3.63, 3.8) is 0 Å². The first-order valence-corrected chi connectivity index (χ1v) is 10.8. The predicted octanol–water partition coefficient (Wildman–Crippen LogP) is 6.07. The van der Waals surface area contributed by atoms with Gasteiger partial charge in [-0.05, 0) is 60.8 Å². The van der Waals surface area contributed by atoms with Gasteiger partial charge in [0.05, 0.1) is 12.6 Å². The number of aliphatic imine (C=N–C) groups is 1. The van der Waals surface area contributed by atoms with E-state index in [0.717, 1.165) is 18.4 Å². The van der Waals surface area contributed by atoms with E-state index in [0.29, 0.717) is 17.4 Å². The van der Waals surface area contributed by atoms with Crippen molar-refractivity contribution in [1.29, 1.82) is 0 Å². The van der Waals surface area contributed by atoms with Crippen LogP contribution in [-0.4, -0.2) is 19.4 Å². The van der Waals surface area contributed by atoms with Crippen LogP contribution in [0.4, 0.5) is 0 Å². The lowest BCUT2D eigenvalue weighted by atomic mass is 9.43. The van der Waals surface area contributed by atoms with Gasteiger partial charge in [0.2, 0.25) is 0 Å². The van der Waals surface area contributed by atoms with E-state index in [1.807, 2.05) is 7.11 Å². The fourth-order valence-corrected chi connectivity index (χ4v) is 6.66. The van der Waals surface area contributed by atoms with E-state index in [9.17, 15) is 0 Å². The summed E-state index contributed by atoms with van der Waals surface area (Å²) in [7, 11) is 1.90. The third-order valence-corrected chi connectivity index (χ3v) is 8.12. The molecule has 3 aliphatic rings. The standard InChI is InChI=1S/C25H35NO/c1-4-25-12-8-11-20-15-21(27-3)16-22(23(20)25)24(2,13-14-25)18-26-17-19-9-6-5-7-10-19/h4-7,9-10,18,20-23H,1,8,11-17H2,2-3H3/t20?,21?,22?,23?,24-,25-/m0/s1. The summed E-state index contributed by atoms with van der Waals surface area (Å²) >= 11 is 0. The number of hydrogen-bond acceptors (Lipinski definition) is 2. The molecular weight excluding hydrogens is 330 g/mol. The number of methoxy groups -OCH3 is 1. The van der Waals surface area contributed by atoms with Gasteiger partial charge in [0.25, 0.3) is 0 Å². The Hall–Kier alpha value is -1.41. The largest absolute Gasteiger partial charge is 0.381 e. The lowest BCUT2D eigenvalue weighted by molar-refractivity contribution is -0.117. The van der Waals surface area contributed by atoms with Crippen LogP contribution in [0.15, 0.2) is 48.0 Å². The molecule has 3 saturated carbocycles. The zero-order chi connectivity index (χ0) is 18.9. The van der Waals surface area contributed by atoms with Gasteiger partial charge in [-0.3, -0.25) is 4.99 Å². The van der Waals surface area contributed by atoms with Crippen LogP contribution in [0.3, 0.4) is 0 Å². The number of hydrogen-bond donors (Lipinski definition) is 0. The number of allylic oxidation sites excluding steroid dienone is 1. The molecule has 6 atom stereocenters. The molecule has 0 N–H and O–H groups in total. The van der Waals surface area contributed by atoms with Crippen molar-refractivity contribution in [1.82, 2.24) is 0 Å². The summed E-state index contributed by atoms with van der Waals surface area (Å²) in [6.07, 6.45) is 14.1. The molecule has 3 aliphatic carbocycles. The average Bonchev–Trinajstić information content (AvgIpc) is 2.71. The Bertz CT molecular complexity index is 683. The highest BCUT2D eigenvalue weighted by Gasteiger charge is 2.58. The summed E-state index contributed by atoms with van der Waals surface area (Å²) in [6.45, 7) is 7.56. The fraction of sp³-hybridized carbons (Fsp3) is 0.640. The topological polar surface area (TPSA) is 21.6 Å². The van der Waals surface area contributed by atoms with Crippen LogP contribution in [0.25, 0.3) is 0 Å². The van der Waals surface area contributed by atoms with Crippen LogP contribution in [0, 0.1) is 28.6 Å². The number of nitrogens with zero attached hydrogens (tertiary/aromatic N) is 1. The molecule has 146 valence electrons. The summed E-state index contributed by atoms with van der Waals surface area (Å²) in [6, 6.07) is 10.6. The van der Waals surface area contributed by atoms with Gasteiger partial charge in [-0.15, -0.1) is 6.58 Å². The molecule has 0 spiro atoms. The van der Waals surface area contributed by atoms with Crippen molar-refractivity contribution >= 4 is 6.21 Å². The Morgan fingerprint density at radius 2 is 2.00 bits per heavy atom. The molecule has 0 heterocycles. The Balaban J connectivity index is 1.60. The number of ether oxygens (including phenoxy) is 1. The van der Waals surface area contributed by atoms with E-state index in [4.69, 9.17) is 9.73 Å². The Morgan fingerprint density at radius 3 is 2.74 bits per heavy atom. The maximum Gasteiger partial charge on any atom is 0.0636 e. The first-order chi connectivity index (χ1) is 13.1. The van der Waals surface area contributed by atoms with Crippen LogP contribution in [0.5, 0.6) is 0 Å². The Kier molecular flexibility index (Phi) is 5.29. The third-order valence-electron chi connectivity index (χ3n) is 8.12. The molecule has 1 aromatic carbocycles. The zero-order valence-corrected chi connectivity index (χ0v) is 17.1. The maximum absolute atomic E-state index is 5.89. The predicted molar refractivity (Wildman–Crippen MR) is 113 cm³/mol. The van der Waals surface area contributed by atoms with E-state index >= 15 is 0 Å². The quantitative estimate of drug-likeness (QED) is 0.458. The van der Waals surface area contributed by atoms with Gasteiger partial charge in [0.1, 0.15) is 0 Å². The van der Waals surface area contributed by atoms with Crippen LogP contribution < -0.4 is 0 Å². The van der Waals surface area contributed by atoms with Crippen molar-refractivity contribution in [2.45, 2.75) is 64.5 Å². The smallest absolute Gasteiger partial charge is 0.0636 e. The average molecular weight is 366 g/mol. The second kappa shape index (κ2) is 7.54. The summed E-state index contributed by atoms with van der Waals surface area (Å²) in [4.78, 5) is 4.93. The molecular formula is C25H35NO. The first kappa shape index (κ1) is 18.9. The molecule has 3 fully saturated rings. The molecule has 1 aromatic rings. The molecule has 0 bridgehead atoms. The van der Waals surface area contributed by atoms with Gasteiger partial charge in [-0.25, -0.2) is 0 Å². The van der Waals surface area contributed by atoms with Gasteiger partial charge >= 0.3 is 0 Å². The molecule has 0 saturated heterocycles. The van der Waals surface area contributed by atoms with Crippen molar-refractivity contribution in [2.24, 2.45) is 33.6 Å². The van der Waals surface area contributed by atoms with E-state index in [1.165, 1.54) is 50.5 Å². The lowest BCUT2D eigenvalue weighted by Gasteiger charge is -2.61. The van der Waals surface area contributed by atoms with E-state index in [1.54, 1.807) is 0 Å². The number of benzene rings is 1. The summed E-state index contributed by atoms with van der Waals surface area (Å²) < 4.78 is 5.89. The molecule has 0 amide bonds. The SMILES string of the molecule is C=C[C@@]12CCCC3CC(OC)CC(C31)[C@](C)(C=NCc1ccccc1)CC2. The summed E-state index contributed by atoms with van der Waals surface area (Å²) in [5.74, 6) is 2.22. The van der Waals surface area contributed by atoms with E-state index in [2.05, 4.69) is 56.1 Å². The molecule has 27 heavy (non-hydrogen) atoms. The van der Waals surface area contributed by atoms with Gasteiger partial charge in [0, 0.05) is 18.7 Å². The lowest BCUT2D eigenvalue weighted by Crippen LogP contribution is -2.56. The van der Waals surface area contributed by atoms with Crippen LogP contribution in [-0.2, 0) is 11.3 Å². The molecule has 2 nitrogen and oxygen atoms in total. The van der Waals surface area contributed by atoms with Gasteiger partial charge in [-0.1, -0.05) is 56.2 Å². The second-order valence-electron chi connectivity index (χ2n) is 9.51. The summed E-state index contributed by atoms with van der Waals surface area (Å²) in [5, 5.41) is 0. The van der Waals surface area contributed by atoms with Crippen LogP contribution in [0.1, 0.15) is 57.4 Å². The molecule has 0 aromatic heterocycles. The Morgan fingerprint density at radius 1 is 1.19 bits per heavy atom. The second-order valence-corrected chi connectivity index (χ2v) is 9.51. The molecule has 0 radical (unpaired) electrons. The highest BCUT2D eigenvalue weighted by molar-refractivity contribution is 5.66. The minimum Gasteiger partial charge on any atom is -0.381 e. The molecule has 2 heteroatoms. The summed E-state index contributed by atoms with van der Waals surface area (Å²) in [5.41, 5.74) is 1.83. The molecule has 4 unspecified atom stereocenters. The monoisotopic (exact) mass is 365 g/mol. The third kappa shape index (κ3) is 3.42. The van der Waals surface area contributed by atoms with Crippen LogP contribution in [0.2, 0.25) is 0 Å². The fourth-order valence-electron chi connectivity index (χ4n) is 6.66. The van der Waals surface area contributed by atoms with Crippen molar-refractivity contribution in [3.8, 4) is 0 Å². The number of rotatable bonds is 5. The van der Waals surface area contributed by atoms with Crippen molar-refractivity contribution in [2.75, 3.05) is 7.11 Å². The van der Waals surface area contributed by atoms with E-state index < -0.39 is 0 Å². The molecule has 4 rings (SSSR count). The highest BCUT2D eigenvalue weighted by atomic mass is 16.5. The normalized spacial score (nSPS) is 41.3.